The second-order valence-corrected chi connectivity index (χ2v) is 13.6. The molecule has 0 atom stereocenters. The fraction of sp³-hybridized carbons (Fsp3) is 0.222. The minimum Gasteiger partial charge on any atom is -0.512 e. The zero-order valence-electron chi connectivity index (χ0n) is 30.0. The third-order valence-electron chi connectivity index (χ3n) is 9.48. The van der Waals surface area contributed by atoms with Gasteiger partial charge in [-0.1, -0.05) is 141 Å². The Hall–Kier alpha value is -4.68. The van der Waals surface area contributed by atoms with Crippen LogP contribution < -0.4 is 0 Å². The van der Waals surface area contributed by atoms with Crippen LogP contribution in [0, 0.1) is 17.9 Å². The van der Waals surface area contributed by atoms with E-state index in [-0.39, 0.29) is 43.5 Å². The predicted molar refractivity (Wildman–Crippen MR) is 213 cm³/mol. The Bertz CT molecular complexity index is 2230. The van der Waals surface area contributed by atoms with E-state index >= 15 is 0 Å². The second kappa shape index (κ2) is 18.2. The van der Waals surface area contributed by atoms with E-state index in [9.17, 15) is 9.90 Å². The van der Waals surface area contributed by atoms with Gasteiger partial charge in [-0.3, -0.25) is 9.78 Å². The fourth-order valence-corrected chi connectivity index (χ4v) is 7.30. The number of ketones is 1. The summed E-state index contributed by atoms with van der Waals surface area (Å²) in [4.78, 5) is 22.8. The van der Waals surface area contributed by atoms with E-state index in [1.165, 1.54) is 22.6 Å². The average Bonchev–Trinajstić information content (AvgIpc) is 3.75. The number of aliphatic hydroxyl groups is 1. The summed E-state index contributed by atoms with van der Waals surface area (Å²) in [6, 6.07) is 45.4. The number of carbonyl (C=O) groups is 1. The Balaban J connectivity index is 0.000000280. The summed E-state index contributed by atoms with van der Waals surface area (Å²) in [6.45, 7) is 8.07. The smallest absolute Gasteiger partial charge is 0.167 e. The largest absolute Gasteiger partial charge is 0.512 e. The van der Waals surface area contributed by atoms with Gasteiger partial charge in [-0.15, -0.1) is 29.1 Å². The van der Waals surface area contributed by atoms with Gasteiger partial charge in [0.25, 0.3) is 0 Å². The Kier molecular flexibility index (Phi) is 13.5. The van der Waals surface area contributed by atoms with Crippen molar-refractivity contribution in [2.45, 2.75) is 53.4 Å². The van der Waals surface area contributed by atoms with E-state index in [0.717, 1.165) is 69.2 Å². The maximum absolute atomic E-state index is 11.7. The predicted octanol–water partition coefficient (Wildman–Crippen LogP) is 12.3. The number of carbonyl (C=O) groups excluding carboxylic acids is 1. The SMILES string of the molecule is CCC(CC)C(=O)/C=C(\O)C(CC)CC.[Ir].[c-]1cc2ccccc2cc1-c1nc2sc(-c3ccccc3)nc2n1-c1ccc(-c2ccccc2)cc1. The summed E-state index contributed by atoms with van der Waals surface area (Å²) < 4.78 is 2.16. The molecular weight excluding hydrogens is 839 g/mol. The van der Waals surface area contributed by atoms with Crippen molar-refractivity contribution in [3.63, 3.8) is 0 Å². The van der Waals surface area contributed by atoms with Crippen molar-refractivity contribution in [1.82, 2.24) is 14.5 Å². The van der Waals surface area contributed by atoms with Gasteiger partial charge in [0, 0.05) is 49.3 Å². The average molecular weight is 883 g/mol. The quantitative estimate of drug-likeness (QED) is 0.0798. The van der Waals surface area contributed by atoms with Gasteiger partial charge in [0.2, 0.25) is 0 Å². The van der Waals surface area contributed by atoms with Crippen molar-refractivity contribution in [2.24, 2.45) is 11.8 Å². The first-order valence-electron chi connectivity index (χ1n) is 17.9. The summed E-state index contributed by atoms with van der Waals surface area (Å²) in [5.41, 5.74) is 6.32. The molecule has 0 aliphatic rings. The number of aliphatic hydroxyl groups excluding tert-OH is 1. The maximum atomic E-state index is 11.7. The van der Waals surface area contributed by atoms with Gasteiger partial charge in [-0.25, -0.2) is 4.98 Å². The monoisotopic (exact) mass is 883 g/mol. The van der Waals surface area contributed by atoms with Crippen molar-refractivity contribution >= 4 is 38.4 Å². The Morgan fingerprint density at radius 3 is 1.90 bits per heavy atom. The zero-order valence-corrected chi connectivity index (χ0v) is 33.3. The fourth-order valence-electron chi connectivity index (χ4n) is 6.37. The summed E-state index contributed by atoms with van der Waals surface area (Å²) >= 11 is 1.62. The van der Waals surface area contributed by atoms with E-state index in [4.69, 9.17) is 9.97 Å². The molecule has 0 saturated carbocycles. The van der Waals surface area contributed by atoms with Crippen LogP contribution in [0.1, 0.15) is 53.4 Å². The van der Waals surface area contributed by atoms with Crippen molar-refractivity contribution in [1.29, 1.82) is 0 Å². The summed E-state index contributed by atoms with van der Waals surface area (Å²) in [6.07, 6.45) is 4.91. The first-order chi connectivity index (χ1) is 24.9. The summed E-state index contributed by atoms with van der Waals surface area (Å²) in [5, 5.41) is 13.1. The van der Waals surface area contributed by atoms with Crippen LogP contribution in [0.25, 0.3) is 60.0 Å². The number of allylic oxidation sites excluding steroid dienone is 2. The van der Waals surface area contributed by atoms with Crippen LogP contribution in [0.5, 0.6) is 0 Å². The first-order valence-corrected chi connectivity index (χ1v) is 18.7. The number of thiazole rings is 1. The van der Waals surface area contributed by atoms with Crippen molar-refractivity contribution in [3.05, 3.63) is 139 Å². The van der Waals surface area contributed by atoms with Crippen LogP contribution in [0.2, 0.25) is 0 Å². The Morgan fingerprint density at radius 2 is 1.29 bits per heavy atom. The summed E-state index contributed by atoms with van der Waals surface area (Å²) in [5.74, 6) is 1.40. The minimum absolute atomic E-state index is 0. The Labute approximate surface area is 324 Å². The van der Waals surface area contributed by atoms with Crippen molar-refractivity contribution < 1.29 is 30.0 Å². The zero-order chi connectivity index (χ0) is 35.7. The second-order valence-electron chi connectivity index (χ2n) is 12.7. The van der Waals surface area contributed by atoms with Crippen LogP contribution in [0.3, 0.4) is 0 Å². The number of hydrogen-bond acceptors (Lipinski definition) is 5. The number of rotatable bonds is 11. The number of aromatic nitrogens is 3. The van der Waals surface area contributed by atoms with Crippen molar-refractivity contribution in [3.8, 4) is 38.8 Å². The molecule has 0 aliphatic heterocycles. The molecule has 7 heteroatoms. The molecule has 2 aromatic heterocycles. The van der Waals surface area contributed by atoms with Crippen LogP contribution in [0.15, 0.2) is 133 Å². The molecule has 7 rings (SSSR count). The number of hydrogen-bond donors (Lipinski definition) is 1. The van der Waals surface area contributed by atoms with Crippen LogP contribution in [-0.2, 0) is 24.9 Å². The molecule has 0 saturated heterocycles. The van der Waals surface area contributed by atoms with Gasteiger partial charge < -0.3 is 9.67 Å². The number of nitrogens with zero attached hydrogens (tertiary/aromatic N) is 3. The van der Waals surface area contributed by atoms with E-state index < -0.39 is 0 Å². The van der Waals surface area contributed by atoms with Gasteiger partial charge in [-0.05, 0) is 48.9 Å². The molecule has 5 aromatic carbocycles. The number of fused-ring (bicyclic) bond motifs is 2. The molecule has 5 nitrogen and oxygen atoms in total. The summed E-state index contributed by atoms with van der Waals surface area (Å²) in [7, 11) is 0. The number of imidazole rings is 1. The molecule has 7 aromatic rings. The topological polar surface area (TPSA) is 68.0 Å². The first kappa shape index (κ1) is 38.5. The number of benzene rings is 5. The molecule has 0 aliphatic carbocycles. The normalized spacial score (nSPS) is 11.5. The van der Waals surface area contributed by atoms with Crippen molar-refractivity contribution in [2.75, 3.05) is 0 Å². The third kappa shape index (κ3) is 8.67. The van der Waals surface area contributed by atoms with Gasteiger partial charge in [-0.2, -0.15) is 0 Å². The van der Waals surface area contributed by atoms with Gasteiger partial charge in [0.05, 0.1) is 11.6 Å². The molecule has 0 bridgehead atoms. The molecule has 52 heavy (non-hydrogen) atoms. The molecule has 0 amide bonds. The molecule has 1 radical (unpaired) electrons. The molecular formula is C45H44IrN3O2S-. The van der Waals surface area contributed by atoms with E-state index in [1.807, 2.05) is 58.0 Å². The van der Waals surface area contributed by atoms with E-state index in [2.05, 4.69) is 102 Å². The van der Waals surface area contributed by atoms with Crippen LogP contribution >= 0.6 is 11.3 Å². The molecule has 2 heterocycles. The van der Waals surface area contributed by atoms with Crippen LogP contribution in [-0.4, -0.2) is 25.4 Å². The minimum atomic E-state index is 0. The van der Waals surface area contributed by atoms with Gasteiger partial charge in [0.15, 0.2) is 16.3 Å². The third-order valence-corrected chi connectivity index (χ3v) is 10.5. The standard InChI is InChI=1S/C32H20N3S.C13H24O2.Ir/c1-3-9-22(10-4-1)24-17-19-28(20-18-24)35-29(27-16-15-23-11-7-8-14-26(23)21-27)33-32-30(35)34-31(36-32)25-12-5-2-6-13-25;1-5-10(6-2)12(14)9-13(15)11(7-3)8-4;/h1-15,17-21H;9-11,14H,5-8H2,1-4H3;/q-1;;/b;12-9-;. The van der Waals surface area contributed by atoms with Crippen LogP contribution in [0.4, 0.5) is 0 Å². The van der Waals surface area contributed by atoms with Gasteiger partial charge >= 0.3 is 0 Å². The van der Waals surface area contributed by atoms with E-state index in [0.29, 0.717) is 0 Å². The molecule has 1 N–H and O–H groups in total. The van der Waals surface area contributed by atoms with Gasteiger partial charge in [0.1, 0.15) is 5.01 Å². The molecule has 0 spiro atoms. The molecule has 267 valence electrons. The molecule has 0 unspecified atom stereocenters. The molecule has 0 fully saturated rings. The maximum Gasteiger partial charge on any atom is 0.167 e. The van der Waals surface area contributed by atoms with E-state index in [1.54, 1.807) is 11.3 Å². The Morgan fingerprint density at radius 1 is 0.731 bits per heavy atom.